The SMILES string of the molecule is CN(Cc1ccsc1)C(=O)Cn1cc(CCCO)nn1. The summed E-state index contributed by atoms with van der Waals surface area (Å²) in [5.41, 5.74) is 1.93. The van der Waals surface area contributed by atoms with Crippen LogP contribution in [0.25, 0.3) is 0 Å². The summed E-state index contributed by atoms with van der Waals surface area (Å²) in [4.78, 5) is 13.7. The Morgan fingerprint density at radius 2 is 2.40 bits per heavy atom. The van der Waals surface area contributed by atoms with Gasteiger partial charge in [-0.05, 0) is 35.2 Å². The molecule has 20 heavy (non-hydrogen) atoms. The van der Waals surface area contributed by atoms with Gasteiger partial charge in [0.2, 0.25) is 5.91 Å². The quantitative estimate of drug-likeness (QED) is 0.824. The minimum absolute atomic E-state index is 0.00481. The van der Waals surface area contributed by atoms with E-state index in [1.807, 2.05) is 16.8 Å². The van der Waals surface area contributed by atoms with E-state index < -0.39 is 0 Å². The maximum atomic E-state index is 12.1. The molecule has 108 valence electrons. The third-order valence-corrected chi connectivity index (χ3v) is 3.63. The van der Waals surface area contributed by atoms with E-state index in [4.69, 9.17) is 5.11 Å². The number of hydrogen-bond donors (Lipinski definition) is 1. The predicted molar refractivity (Wildman–Crippen MR) is 76.2 cm³/mol. The van der Waals surface area contributed by atoms with Crippen molar-refractivity contribution in [3.05, 3.63) is 34.3 Å². The van der Waals surface area contributed by atoms with Crippen LogP contribution >= 0.6 is 11.3 Å². The van der Waals surface area contributed by atoms with E-state index in [1.165, 1.54) is 0 Å². The van der Waals surface area contributed by atoms with Gasteiger partial charge in [0, 0.05) is 26.4 Å². The average Bonchev–Trinajstić information content (AvgIpc) is 3.08. The second-order valence-corrected chi connectivity index (χ2v) is 5.40. The molecule has 0 unspecified atom stereocenters. The number of aliphatic hydroxyl groups excluding tert-OH is 1. The normalized spacial score (nSPS) is 10.7. The van der Waals surface area contributed by atoms with Crippen LogP contribution in [0.2, 0.25) is 0 Å². The van der Waals surface area contributed by atoms with Gasteiger partial charge in [0.05, 0.1) is 5.69 Å². The number of amides is 1. The maximum Gasteiger partial charge on any atom is 0.244 e. The molecule has 1 amide bonds. The van der Waals surface area contributed by atoms with Crippen molar-refractivity contribution in [1.82, 2.24) is 19.9 Å². The summed E-state index contributed by atoms with van der Waals surface area (Å²) in [7, 11) is 1.78. The van der Waals surface area contributed by atoms with Crippen molar-refractivity contribution in [3.8, 4) is 0 Å². The lowest BCUT2D eigenvalue weighted by Gasteiger charge is -2.16. The van der Waals surface area contributed by atoms with Gasteiger partial charge in [0.1, 0.15) is 6.54 Å². The minimum atomic E-state index is -0.00481. The zero-order valence-corrected chi connectivity index (χ0v) is 12.2. The zero-order chi connectivity index (χ0) is 14.4. The molecule has 0 aliphatic heterocycles. The summed E-state index contributed by atoms with van der Waals surface area (Å²) < 4.78 is 1.54. The molecular weight excluding hydrogens is 276 g/mol. The van der Waals surface area contributed by atoms with E-state index in [0.717, 1.165) is 11.3 Å². The molecule has 7 heteroatoms. The van der Waals surface area contributed by atoms with Crippen LogP contribution in [0.5, 0.6) is 0 Å². The topological polar surface area (TPSA) is 71.2 Å². The highest BCUT2D eigenvalue weighted by atomic mass is 32.1. The molecule has 0 aliphatic rings. The highest BCUT2D eigenvalue weighted by molar-refractivity contribution is 7.07. The summed E-state index contributed by atoms with van der Waals surface area (Å²) in [5.74, 6) is -0.00481. The molecule has 0 atom stereocenters. The van der Waals surface area contributed by atoms with E-state index in [9.17, 15) is 4.79 Å². The van der Waals surface area contributed by atoms with Gasteiger partial charge in [0.25, 0.3) is 0 Å². The Morgan fingerprint density at radius 1 is 1.55 bits per heavy atom. The number of thiophene rings is 1. The number of carbonyl (C=O) groups is 1. The van der Waals surface area contributed by atoms with Crippen LogP contribution in [0.15, 0.2) is 23.0 Å². The lowest BCUT2D eigenvalue weighted by Crippen LogP contribution is -2.29. The van der Waals surface area contributed by atoms with Gasteiger partial charge >= 0.3 is 0 Å². The van der Waals surface area contributed by atoms with Crippen molar-refractivity contribution in [2.45, 2.75) is 25.9 Å². The number of carbonyl (C=O) groups excluding carboxylic acids is 1. The molecule has 0 radical (unpaired) electrons. The van der Waals surface area contributed by atoms with Crippen LogP contribution < -0.4 is 0 Å². The van der Waals surface area contributed by atoms with Gasteiger partial charge in [-0.1, -0.05) is 5.21 Å². The molecule has 0 aromatic carbocycles. The first-order valence-electron chi connectivity index (χ1n) is 6.44. The summed E-state index contributed by atoms with van der Waals surface area (Å²) in [5, 5.41) is 20.7. The van der Waals surface area contributed by atoms with Crippen molar-refractivity contribution in [2.24, 2.45) is 0 Å². The molecular formula is C13H18N4O2S. The van der Waals surface area contributed by atoms with Crippen molar-refractivity contribution in [2.75, 3.05) is 13.7 Å². The Labute approximate surface area is 121 Å². The summed E-state index contributed by atoms with van der Waals surface area (Å²) in [6.07, 6.45) is 3.09. The lowest BCUT2D eigenvalue weighted by molar-refractivity contribution is -0.131. The number of aryl methyl sites for hydroxylation is 1. The molecule has 0 saturated carbocycles. The second kappa shape index (κ2) is 7.16. The number of likely N-dealkylation sites (N-methyl/N-ethyl adjacent to an activating group) is 1. The Bertz CT molecular complexity index is 538. The number of aliphatic hydroxyl groups is 1. The predicted octanol–water partition coefficient (Wildman–Crippen LogP) is 0.923. The van der Waals surface area contributed by atoms with E-state index in [-0.39, 0.29) is 19.1 Å². The van der Waals surface area contributed by atoms with Crippen LogP contribution in [0.4, 0.5) is 0 Å². The number of aromatic nitrogens is 3. The van der Waals surface area contributed by atoms with Gasteiger partial charge < -0.3 is 10.0 Å². The molecule has 6 nitrogen and oxygen atoms in total. The fourth-order valence-corrected chi connectivity index (χ4v) is 2.45. The molecule has 2 heterocycles. The van der Waals surface area contributed by atoms with Gasteiger partial charge in [-0.15, -0.1) is 5.10 Å². The average molecular weight is 294 g/mol. The first-order chi connectivity index (χ1) is 9.69. The molecule has 2 aromatic rings. The number of rotatable bonds is 7. The fraction of sp³-hybridized carbons (Fsp3) is 0.462. The molecule has 2 rings (SSSR count). The maximum absolute atomic E-state index is 12.1. The van der Waals surface area contributed by atoms with Crippen LogP contribution in [0, 0.1) is 0 Å². The summed E-state index contributed by atoms with van der Waals surface area (Å²) in [6.45, 7) is 0.927. The van der Waals surface area contributed by atoms with Crippen LogP contribution in [0.1, 0.15) is 17.7 Å². The van der Waals surface area contributed by atoms with Gasteiger partial charge in [-0.25, -0.2) is 4.68 Å². The third-order valence-electron chi connectivity index (χ3n) is 2.90. The lowest BCUT2D eigenvalue weighted by atomic mass is 10.3. The van der Waals surface area contributed by atoms with Crippen molar-refractivity contribution in [3.63, 3.8) is 0 Å². The molecule has 2 aromatic heterocycles. The van der Waals surface area contributed by atoms with Crippen LogP contribution in [-0.2, 0) is 24.3 Å². The zero-order valence-electron chi connectivity index (χ0n) is 11.4. The Balaban J connectivity index is 1.85. The van der Waals surface area contributed by atoms with E-state index in [2.05, 4.69) is 10.3 Å². The Hall–Kier alpha value is -1.73. The van der Waals surface area contributed by atoms with E-state index >= 15 is 0 Å². The first-order valence-corrected chi connectivity index (χ1v) is 7.38. The third kappa shape index (κ3) is 4.14. The first kappa shape index (κ1) is 14.7. The number of hydrogen-bond acceptors (Lipinski definition) is 5. The molecule has 0 aliphatic carbocycles. The fourth-order valence-electron chi connectivity index (χ4n) is 1.79. The van der Waals surface area contributed by atoms with Crippen molar-refractivity contribution < 1.29 is 9.90 Å². The van der Waals surface area contributed by atoms with E-state index in [0.29, 0.717) is 19.4 Å². The van der Waals surface area contributed by atoms with Crippen LogP contribution in [-0.4, -0.2) is 44.6 Å². The highest BCUT2D eigenvalue weighted by Crippen LogP contribution is 2.08. The Morgan fingerprint density at radius 3 is 3.10 bits per heavy atom. The summed E-state index contributed by atoms with van der Waals surface area (Å²) >= 11 is 1.62. The van der Waals surface area contributed by atoms with Crippen molar-refractivity contribution in [1.29, 1.82) is 0 Å². The van der Waals surface area contributed by atoms with Crippen LogP contribution in [0.3, 0.4) is 0 Å². The van der Waals surface area contributed by atoms with E-state index in [1.54, 1.807) is 34.2 Å². The Kier molecular flexibility index (Phi) is 5.25. The molecule has 0 spiro atoms. The van der Waals surface area contributed by atoms with Crippen molar-refractivity contribution >= 4 is 17.2 Å². The monoisotopic (exact) mass is 294 g/mol. The van der Waals surface area contributed by atoms with Gasteiger partial charge in [-0.2, -0.15) is 11.3 Å². The summed E-state index contributed by atoms with van der Waals surface area (Å²) in [6, 6.07) is 2.01. The van der Waals surface area contributed by atoms with Gasteiger partial charge in [-0.3, -0.25) is 4.79 Å². The van der Waals surface area contributed by atoms with Gasteiger partial charge in [0.15, 0.2) is 0 Å². The largest absolute Gasteiger partial charge is 0.396 e. The highest BCUT2D eigenvalue weighted by Gasteiger charge is 2.11. The second-order valence-electron chi connectivity index (χ2n) is 4.62. The molecule has 0 saturated heterocycles. The smallest absolute Gasteiger partial charge is 0.244 e. The molecule has 0 bridgehead atoms. The minimum Gasteiger partial charge on any atom is -0.396 e. The molecule has 0 fully saturated rings. The standard InChI is InChI=1S/C13H18N4O2S/c1-16(7-11-4-6-20-10-11)13(19)9-17-8-12(14-15-17)3-2-5-18/h4,6,8,10,18H,2-3,5,7,9H2,1H3. The molecule has 1 N–H and O–H groups in total. The number of nitrogens with zero attached hydrogens (tertiary/aromatic N) is 4.